The summed E-state index contributed by atoms with van der Waals surface area (Å²) in [6.07, 6.45) is -0.0422. The van der Waals surface area contributed by atoms with E-state index in [-0.39, 0.29) is 11.8 Å². The number of hydrogen-bond acceptors (Lipinski definition) is 5. The maximum absolute atomic E-state index is 12.8. The van der Waals surface area contributed by atoms with Crippen LogP contribution in [0.15, 0.2) is 6.07 Å². The summed E-state index contributed by atoms with van der Waals surface area (Å²) in [6, 6.07) is 2.55. The summed E-state index contributed by atoms with van der Waals surface area (Å²) in [5.41, 5.74) is 0.613. The zero-order valence-electron chi connectivity index (χ0n) is 13.3. The summed E-state index contributed by atoms with van der Waals surface area (Å²) in [5, 5.41) is 6.88. The number of anilines is 1. The van der Waals surface area contributed by atoms with Gasteiger partial charge in [0.1, 0.15) is 5.82 Å². The summed E-state index contributed by atoms with van der Waals surface area (Å²) in [6.45, 7) is 4.06. The fourth-order valence-electron chi connectivity index (χ4n) is 3.53. The fourth-order valence-corrected chi connectivity index (χ4v) is 3.53. The highest BCUT2D eigenvalue weighted by Crippen LogP contribution is 2.31. The normalized spacial score (nSPS) is 25.2. The van der Waals surface area contributed by atoms with E-state index < -0.39 is 12.0 Å². The van der Waals surface area contributed by atoms with Crippen LogP contribution in [-0.4, -0.2) is 49.7 Å². The molecule has 1 saturated carbocycles. The second-order valence-electron chi connectivity index (χ2n) is 6.64. The number of alkyl halides is 3. The van der Waals surface area contributed by atoms with Crippen molar-refractivity contribution in [1.29, 1.82) is 0 Å². The van der Waals surface area contributed by atoms with Crippen molar-refractivity contribution in [1.82, 2.24) is 24.5 Å². The monoisotopic (exact) mass is 340 g/mol. The Hall–Kier alpha value is -1.90. The molecule has 0 bridgehead atoms. The number of halogens is 3. The van der Waals surface area contributed by atoms with E-state index in [1.807, 2.05) is 0 Å². The van der Waals surface area contributed by atoms with Crippen molar-refractivity contribution in [2.45, 2.75) is 50.9 Å². The molecule has 6 nitrogen and oxygen atoms in total. The Morgan fingerprint density at radius 3 is 2.54 bits per heavy atom. The van der Waals surface area contributed by atoms with Crippen LogP contribution in [-0.2, 0) is 6.18 Å². The van der Waals surface area contributed by atoms with Crippen molar-refractivity contribution in [3.8, 4) is 0 Å². The number of fused-ring (bicyclic) bond motifs is 1. The summed E-state index contributed by atoms with van der Waals surface area (Å²) in [7, 11) is 0. The molecule has 1 aliphatic carbocycles. The van der Waals surface area contributed by atoms with E-state index in [2.05, 4.69) is 25.3 Å². The molecule has 9 heteroatoms. The van der Waals surface area contributed by atoms with Crippen molar-refractivity contribution in [2.24, 2.45) is 0 Å². The van der Waals surface area contributed by atoms with Crippen LogP contribution < -0.4 is 5.32 Å². The van der Waals surface area contributed by atoms with Gasteiger partial charge in [0.2, 0.25) is 0 Å². The first-order chi connectivity index (χ1) is 11.4. The Balaban J connectivity index is 1.52. The predicted molar refractivity (Wildman–Crippen MR) is 81.8 cm³/mol. The van der Waals surface area contributed by atoms with Gasteiger partial charge in [-0.05, 0) is 45.7 Å². The van der Waals surface area contributed by atoms with Crippen LogP contribution >= 0.6 is 0 Å². The minimum Gasteiger partial charge on any atom is -0.367 e. The van der Waals surface area contributed by atoms with E-state index in [0.29, 0.717) is 17.6 Å². The Morgan fingerprint density at radius 1 is 1.17 bits per heavy atom. The number of aryl methyl sites for hydroxylation is 1. The van der Waals surface area contributed by atoms with Crippen molar-refractivity contribution in [2.75, 3.05) is 18.4 Å². The number of hydrogen-bond donors (Lipinski definition) is 1. The molecule has 24 heavy (non-hydrogen) atoms. The topological polar surface area (TPSA) is 58.4 Å². The third kappa shape index (κ3) is 2.81. The molecule has 0 aromatic carbocycles. The molecule has 0 unspecified atom stereocenters. The van der Waals surface area contributed by atoms with Gasteiger partial charge in [0.25, 0.3) is 11.6 Å². The van der Waals surface area contributed by atoms with Gasteiger partial charge in [0.05, 0.1) is 0 Å². The molecular formula is C15H19F3N6. The molecule has 1 saturated heterocycles. The van der Waals surface area contributed by atoms with Gasteiger partial charge in [-0.15, -0.1) is 5.10 Å². The quantitative estimate of drug-likeness (QED) is 0.930. The molecular weight excluding hydrogens is 321 g/mol. The Bertz CT molecular complexity index is 743. The maximum atomic E-state index is 12.8. The van der Waals surface area contributed by atoms with Crippen LogP contribution in [0.25, 0.3) is 5.78 Å². The van der Waals surface area contributed by atoms with Crippen molar-refractivity contribution in [3.05, 3.63) is 17.6 Å². The molecule has 0 atom stereocenters. The van der Waals surface area contributed by atoms with Gasteiger partial charge in [-0.1, -0.05) is 0 Å². The molecule has 1 aliphatic heterocycles. The molecule has 3 heterocycles. The first-order valence-corrected chi connectivity index (χ1v) is 8.22. The third-order valence-electron chi connectivity index (χ3n) is 4.82. The number of rotatable bonds is 3. The third-order valence-corrected chi connectivity index (χ3v) is 4.82. The van der Waals surface area contributed by atoms with E-state index in [4.69, 9.17) is 0 Å². The van der Waals surface area contributed by atoms with E-state index >= 15 is 0 Å². The van der Waals surface area contributed by atoms with Gasteiger partial charge >= 0.3 is 6.18 Å². The minimum absolute atomic E-state index is 0.0276. The summed E-state index contributed by atoms with van der Waals surface area (Å²) in [4.78, 5) is 10.0. The van der Waals surface area contributed by atoms with Crippen LogP contribution in [0.1, 0.15) is 37.2 Å². The number of likely N-dealkylation sites (tertiary alicyclic amines) is 1. The molecule has 4 rings (SSSR count). The van der Waals surface area contributed by atoms with E-state index in [9.17, 15) is 13.2 Å². The predicted octanol–water partition coefficient (Wildman–Crippen LogP) is 2.49. The summed E-state index contributed by atoms with van der Waals surface area (Å²) >= 11 is 0. The lowest BCUT2D eigenvalue weighted by Gasteiger charge is -2.41. The Labute approximate surface area is 137 Å². The number of aromatic nitrogens is 4. The second-order valence-corrected chi connectivity index (χ2v) is 6.64. The van der Waals surface area contributed by atoms with Gasteiger partial charge in [-0.25, -0.2) is 4.98 Å². The average Bonchev–Trinajstić information content (AvgIpc) is 3.09. The SMILES string of the molecule is Cc1cc(NC2CC(N3CCCC3)C2)n2nc(C(F)(F)F)nc2n1. The number of nitrogens with one attached hydrogen (secondary N) is 1. The standard InChI is InChI=1S/C15H19F3N6/c1-9-6-12(20-10-7-11(8-10)23-4-2-3-5-23)24-14(19-9)21-13(22-24)15(16,17)18/h6,10-11,20H,2-5,7-8H2,1H3. The van der Waals surface area contributed by atoms with Crippen LogP contribution in [0.4, 0.5) is 19.0 Å². The molecule has 130 valence electrons. The van der Waals surface area contributed by atoms with Crippen LogP contribution in [0.2, 0.25) is 0 Å². The molecule has 1 N–H and O–H groups in total. The Kier molecular flexibility index (Phi) is 3.63. The first-order valence-electron chi connectivity index (χ1n) is 8.22. The summed E-state index contributed by atoms with van der Waals surface area (Å²) < 4.78 is 39.6. The highest BCUT2D eigenvalue weighted by atomic mass is 19.4. The van der Waals surface area contributed by atoms with Gasteiger partial charge in [-0.2, -0.15) is 22.7 Å². The highest BCUT2D eigenvalue weighted by Gasteiger charge is 2.38. The smallest absolute Gasteiger partial charge is 0.367 e. The minimum atomic E-state index is -4.57. The number of nitrogens with zero attached hydrogens (tertiary/aromatic N) is 5. The molecule has 2 aliphatic rings. The lowest BCUT2D eigenvalue weighted by molar-refractivity contribution is -0.144. The zero-order valence-corrected chi connectivity index (χ0v) is 13.3. The maximum Gasteiger partial charge on any atom is 0.453 e. The summed E-state index contributed by atoms with van der Waals surface area (Å²) in [5.74, 6) is -0.669. The van der Waals surface area contributed by atoms with Crippen LogP contribution in [0, 0.1) is 6.92 Å². The zero-order chi connectivity index (χ0) is 16.9. The largest absolute Gasteiger partial charge is 0.453 e. The van der Waals surface area contributed by atoms with Gasteiger partial charge < -0.3 is 10.2 Å². The molecule has 2 aromatic rings. The molecule has 0 spiro atoms. The lowest BCUT2D eigenvalue weighted by Crippen LogP contribution is -2.49. The van der Waals surface area contributed by atoms with E-state index in [1.165, 1.54) is 12.8 Å². The molecule has 2 fully saturated rings. The van der Waals surface area contributed by atoms with Crippen molar-refractivity contribution < 1.29 is 13.2 Å². The highest BCUT2D eigenvalue weighted by molar-refractivity contribution is 5.46. The first kappa shape index (κ1) is 15.6. The van der Waals surface area contributed by atoms with Gasteiger partial charge in [0.15, 0.2) is 0 Å². The molecule has 0 radical (unpaired) electrons. The second kappa shape index (κ2) is 5.58. The van der Waals surface area contributed by atoms with E-state index in [0.717, 1.165) is 30.4 Å². The lowest BCUT2D eigenvalue weighted by atomic mass is 9.85. The molecule has 2 aromatic heterocycles. The van der Waals surface area contributed by atoms with E-state index in [1.54, 1.807) is 13.0 Å². The van der Waals surface area contributed by atoms with Crippen LogP contribution in [0.5, 0.6) is 0 Å². The molecule has 0 amide bonds. The van der Waals surface area contributed by atoms with Gasteiger partial charge in [-0.3, -0.25) is 0 Å². The van der Waals surface area contributed by atoms with Gasteiger partial charge in [0, 0.05) is 23.8 Å². The average molecular weight is 340 g/mol. The van der Waals surface area contributed by atoms with Crippen LogP contribution in [0.3, 0.4) is 0 Å². The fraction of sp³-hybridized carbons (Fsp3) is 0.667. The Morgan fingerprint density at radius 2 is 1.88 bits per heavy atom. The van der Waals surface area contributed by atoms with Crippen molar-refractivity contribution in [3.63, 3.8) is 0 Å². The van der Waals surface area contributed by atoms with Crippen molar-refractivity contribution >= 4 is 11.6 Å².